The van der Waals surface area contributed by atoms with Crippen LogP contribution in [0.1, 0.15) is 43.6 Å². The Bertz CT molecular complexity index is 414. The number of hydrogen-bond acceptors (Lipinski definition) is 3. The van der Waals surface area contributed by atoms with Crippen LogP contribution in [0, 0.1) is 5.92 Å². The second kappa shape index (κ2) is 5.63. The summed E-state index contributed by atoms with van der Waals surface area (Å²) in [6.07, 6.45) is 3.57. The van der Waals surface area contributed by atoms with E-state index in [-0.39, 0.29) is 0 Å². The van der Waals surface area contributed by atoms with E-state index in [0.29, 0.717) is 17.7 Å². The van der Waals surface area contributed by atoms with Gasteiger partial charge in [-0.2, -0.15) is 0 Å². The Morgan fingerprint density at radius 2 is 2.18 bits per heavy atom. The molecule has 0 saturated heterocycles. The SMILES string of the molecule is COCc1nc(C2CCC(C)C2)nc(Cl)c1Br. The van der Waals surface area contributed by atoms with Crippen LogP contribution in [0.4, 0.5) is 0 Å². The molecule has 2 unspecified atom stereocenters. The summed E-state index contributed by atoms with van der Waals surface area (Å²) in [6, 6.07) is 0. The maximum absolute atomic E-state index is 6.12. The van der Waals surface area contributed by atoms with Crippen molar-refractivity contribution in [2.45, 2.75) is 38.7 Å². The Kier molecular flexibility index (Phi) is 4.39. The van der Waals surface area contributed by atoms with Crippen molar-refractivity contribution in [3.05, 3.63) is 21.1 Å². The summed E-state index contributed by atoms with van der Waals surface area (Å²) < 4.78 is 5.87. The molecule has 1 saturated carbocycles. The number of rotatable bonds is 3. The van der Waals surface area contributed by atoms with Crippen LogP contribution in [0.5, 0.6) is 0 Å². The van der Waals surface area contributed by atoms with Gasteiger partial charge in [0.2, 0.25) is 0 Å². The molecule has 1 aromatic heterocycles. The van der Waals surface area contributed by atoms with E-state index in [2.05, 4.69) is 32.8 Å². The molecule has 1 aromatic rings. The smallest absolute Gasteiger partial charge is 0.147 e. The van der Waals surface area contributed by atoms with E-state index < -0.39 is 0 Å². The lowest BCUT2D eigenvalue weighted by molar-refractivity contribution is 0.180. The van der Waals surface area contributed by atoms with Crippen molar-refractivity contribution in [3.63, 3.8) is 0 Å². The molecule has 0 N–H and O–H groups in total. The van der Waals surface area contributed by atoms with Gasteiger partial charge in [0.1, 0.15) is 11.0 Å². The molecule has 94 valence electrons. The summed E-state index contributed by atoms with van der Waals surface area (Å²) in [7, 11) is 1.65. The van der Waals surface area contributed by atoms with Gasteiger partial charge in [-0.05, 0) is 41.1 Å². The Morgan fingerprint density at radius 1 is 1.41 bits per heavy atom. The molecule has 0 aliphatic heterocycles. The summed E-state index contributed by atoms with van der Waals surface area (Å²) in [6.45, 7) is 2.73. The lowest BCUT2D eigenvalue weighted by Crippen LogP contribution is -2.06. The average Bonchev–Trinajstić information content (AvgIpc) is 2.71. The normalized spacial score (nSPS) is 24.2. The Labute approximate surface area is 115 Å². The lowest BCUT2D eigenvalue weighted by atomic mass is 10.1. The van der Waals surface area contributed by atoms with Crippen LogP contribution in [0.2, 0.25) is 5.15 Å². The number of halogens is 2. The molecule has 0 aromatic carbocycles. The van der Waals surface area contributed by atoms with Crippen LogP contribution in [-0.2, 0) is 11.3 Å². The topological polar surface area (TPSA) is 35.0 Å². The number of hydrogen-bond donors (Lipinski definition) is 0. The van der Waals surface area contributed by atoms with Crippen molar-refractivity contribution >= 4 is 27.5 Å². The molecule has 17 heavy (non-hydrogen) atoms. The first-order chi connectivity index (χ1) is 8.11. The number of aromatic nitrogens is 2. The summed E-state index contributed by atoms with van der Waals surface area (Å²) in [5.41, 5.74) is 0.835. The maximum Gasteiger partial charge on any atom is 0.147 e. The molecule has 3 nitrogen and oxygen atoms in total. The minimum atomic E-state index is 0.450. The second-order valence-corrected chi connectivity index (χ2v) is 5.83. The van der Waals surface area contributed by atoms with Crippen molar-refractivity contribution in [3.8, 4) is 0 Å². The van der Waals surface area contributed by atoms with Crippen LogP contribution < -0.4 is 0 Å². The Balaban J connectivity index is 2.28. The van der Waals surface area contributed by atoms with Gasteiger partial charge in [0.05, 0.1) is 16.8 Å². The molecular weight excluding hydrogens is 304 g/mol. The molecule has 0 amide bonds. The van der Waals surface area contributed by atoms with Gasteiger partial charge in [-0.15, -0.1) is 0 Å². The molecule has 5 heteroatoms. The minimum Gasteiger partial charge on any atom is -0.378 e. The summed E-state index contributed by atoms with van der Waals surface area (Å²) >= 11 is 9.51. The number of nitrogens with zero attached hydrogens (tertiary/aromatic N) is 2. The van der Waals surface area contributed by atoms with Crippen LogP contribution in [0.25, 0.3) is 0 Å². The molecule has 2 rings (SSSR count). The van der Waals surface area contributed by atoms with Crippen LogP contribution in [-0.4, -0.2) is 17.1 Å². The van der Waals surface area contributed by atoms with E-state index in [1.54, 1.807) is 7.11 Å². The van der Waals surface area contributed by atoms with Gasteiger partial charge in [0.15, 0.2) is 0 Å². The fourth-order valence-electron chi connectivity index (χ4n) is 2.34. The van der Waals surface area contributed by atoms with E-state index in [1.165, 1.54) is 6.42 Å². The van der Waals surface area contributed by atoms with E-state index in [4.69, 9.17) is 16.3 Å². The highest BCUT2D eigenvalue weighted by atomic mass is 79.9. The summed E-state index contributed by atoms with van der Waals surface area (Å²) in [5.74, 6) is 2.08. The third-order valence-corrected chi connectivity index (χ3v) is 4.57. The van der Waals surface area contributed by atoms with E-state index in [1.807, 2.05) is 0 Å². The Hall–Kier alpha value is -0.190. The predicted molar refractivity (Wildman–Crippen MR) is 71.2 cm³/mol. The van der Waals surface area contributed by atoms with Crippen molar-refractivity contribution in [1.82, 2.24) is 9.97 Å². The van der Waals surface area contributed by atoms with E-state index >= 15 is 0 Å². The van der Waals surface area contributed by atoms with Crippen LogP contribution in [0.15, 0.2) is 4.47 Å². The fraction of sp³-hybridized carbons (Fsp3) is 0.667. The van der Waals surface area contributed by atoms with Gasteiger partial charge >= 0.3 is 0 Å². The zero-order valence-corrected chi connectivity index (χ0v) is 12.4. The predicted octanol–water partition coefficient (Wildman–Crippen LogP) is 3.94. The zero-order valence-electron chi connectivity index (χ0n) is 10.0. The quantitative estimate of drug-likeness (QED) is 0.791. The summed E-state index contributed by atoms with van der Waals surface area (Å²) in [5, 5.41) is 0.488. The van der Waals surface area contributed by atoms with Crippen LogP contribution >= 0.6 is 27.5 Å². The first kappa shape index (κ1) is 13.2. The minimum absolute atomic E-state index is 0.450. The van der Waals surface area contributed by atoms with E-state index in [0.717, 1.165) is 34.8 Å². The molecular formula is C12H16BrClN2O. The fourth-order valence-corrected chi connectivity index (χ4v) is 2.83. The zero-order chi connectivity index (χ0) is 12.4. The van der Waals surface area contributed by atoms with Crippen LogP contribution in [0.3, 0.4) is 0 Å². The molecule has 2 atom stereocenters. The van der Waals surface area contributed by atoms with Gasteiger partial charge in [0.25, 0.3) is 0 Å². The highest BCUT2D eigenvalue weighted by molar-refractivity contribution is 9.10. The van der Waals surface area contributed by atoms with Crippen molar-refractivity contribution in [2.24, 2.45) is 5.92 Å². The monoisotopic (exact) mass is 318 g/mol. The standard InChI is InChI=1S/C12H16BrClN2O/c1-7-3-4-8(5-7)12-15-9(6-17-2)10(13)11(14)16-12/h7-8H,3-6H2,1-2H3. The van der Waals surface area contributed by atoms with Crippen molar-refractivity contribution < 1.29 is 4.74 Å². The first-order valence-electron chi connectivity index (χ1n) is 5.82. The van der Waals surface area contributed by atoms with Gasteiger partial charge in [-0.1, -0.05) is 18.5 Å². The average molecular weight is 320 g/mol. The molecule has 0 bridgehead atoms. The Morgan fingerprint density at radius 3 is 2.76 bits per heavy atom. The van der Waals surface area contributed by atoms with Crippen molar-refractivity contribution in [1.29, 1.82) is 0 Å². The van der Waals surface area contributed by atoms with Gasteiger partial charge < -0.3 is 4.74 Å². The summed E-state index contributed by atoms with van der Waals surface area (Å²) in [4.78, 5) is 8.96. The third kappa shape index (κ3) is 2.98. The molecule has 1 aliphatic carbocycles. The second-order valence-electron chi connectivity index (χ2n) is 4.68. The van der Waals surface area contributed by atoms with Gasteiger partial charge in [0, 0.05) is 13.0 Å². The molecule has 1 heterocycles. The molecule has 0 radical (unpaired) electrons. The van der Waals surface area contributed by atoms with E-state index in [9.17, 15) is 0 Å². The third-order valence-electron chi connectivity index (χ3n) is 3.24. The first-order valence-corrected chi connectivity index (χ1v) is 6.99. The largest absolute Gasteiger partial charge is 0.378 e. The molecule has 0 spiro atoms. The highest BCUT2D eigenvalue weighted by Gasteiger charge is 2.26. The highest BCUT2D eigenvalue weighted by Crippen LogP contribution is 2.37. The lowest BCUT2D eigenvalue weighted by Gasteiger charge is -2.12. The molecule has 1 fully saturated rings. The maximum atomic E-state index is 6.12. The van der Waals surface area contributed by atoms with Gasteiger partial charge in [-0.3, -0.25) is 0 Å². The number of ether oxygens (including phenoxy) is 1. The molecule has 1 aliphatic rings. The van der Waals surface area contributed by atoms with Crippen molar-refractivity contribution in [2.75, 3.05) is 7.11 Å². The van der Waals surface area contributed by atoms with Gasteiger partial charge in [-0.25, -0.2) is 9.97 Å². The number of methoxy groups -OCH3 is 1.